The number of methoxy groups -OCH3 is 1. The molecule has 20 heavy (non-hydrogen) atoms. The maximum absolute atomic E-state index is 11.9. The van der Waals surface area contributed by atoms with Crippen LogP contribution in [-0.2, 0) is 4.74 Å². The fourth-order valence-electron chi connectivity index (χ4n) is 1.57. The van der Waals surface area contributed by atoms with Crippen molar-refractivity contribution in [2.75, 3.05) is 39.3 Å². The first-order valence-corrected chi connectivity index (χ1v) is 6.48. The zero-order valence-corrected chi connectivity index (χ0v) is 12.5. The highest BCUT2D eigenvalue weighted by Gasteiger charge is 2.21. The summed E-state index contributed by atoms with van der Waals surface area (Å²) in [6.45, 7) is 2.28. The second kappa shape index (κ2) is 7.21. The molecular weight excluding hydrogens is 258 g/mol. The van der Waals surface area contributed by atoms with Crippen molar-refractivity contribution >= 4 is 11.7 Å². The molecule has 1 unspecified atom stereocenters. The highest BCUT2D eigenvalue weighted by molar-refractivity contribution is 5.94. The van der Waals surface area contributed by atoms with Crippen LogP contribution in [0, 0.1) is 0 Å². The van der Waals surface area contributed by atoms with Crippen LogP contribution >= 0.6 is 0 Å². The van der Waals surface area contributed by atoms with Gasteiger partial charge in [0.25, 0.3) is 5.91 Å². The molecule has 112 valence electrons. The van der Waals surface area contributed by atoms with Gasteiger partial charge in [0.05, 0.1) is 11.2 Å². The lowest BCUT2D eigenvalue weighted by Gasteiger charge is -2.23. The summed E-state index contributed by atoms with van der Waals surface area (Å²) in [4.78, 5) is 18.0. The van der Waals surface area contributed by atoms with Crippen LogP contribution in [0.3, 0.4) is 0 Å². The van der Waals surface area contributed by atoms with Gasteiger partial charge in [-0.05, 0) is 19.1 Å². The summed E-state index contributed by atoms with van der Waals surface area (Å²) < 4.78 is 4.92. The van der Waals surface area contributed by atoms with E-state index in [0.717, 1.165) is 5.82 Å². The Morgan fingerprint density at radius 3 is 2.70 bits per heavy atom. The van der Waals surface area contributed by atoms with Crippen molar-refractivity contribution in [2.45, 2.75) is 18.9 Å². The van der Waals surface area contributed by atoms with Crippen LogP contribution in [0.4, 0.5) is 5.82 Å². The first-order valence-electron chi connectivity index (χ1n) is 6.48. The number of carbonyl (C=O) groups is 1. The van der Waals surface area contributed by atoms with E-state index in [0.29, 0.717) is 18.6 Å². The molecule has 0 radical (unpaired) electrons. The number of anilines is 1. The molecule has 0 spiro atoms. The molecule has 0 saturated carbocycles. The second-order valence-electron chi connectivity index (χ2n) is 5.22. The van der Waals surface area contributed by atoms with Crippen LogP contribution in [0.5, 0.6) is 0 Å². The van der Waals surface area contributed by atoms with E-state index in [-0.39, 0.29) is 12.5 Å². The highest BCUT2D eigenvalue weighted by atomic mass is 16.5. The number of pyridine rings is 1. The van der Waals surface area contributed by atoms with Crippen molar-refractivity contribution < 1.29 is 14.6 Å². The summed E-state index contributed by atoms with van der Waals surface area (Å²) in [5.41, 5.74) is -0.513. The number of amides is 1. The summed E-state index contributed by atoms with van der Waals surface area (Å²) in [6.07, 6.45) is 1.98. The van der Waals surface area contributed by atoms with Gasteiger partial charge in [-0.1, -0.05) is 0 Å². The van der Waals surface area contributed by atoms with Crippen molar-refractivity contribution in [1.82, 2.24) is 10.3 Å². The molecule has 2 N–H and O–H groups in total. The van der Waals surface area contributed by atoms with E-state index in [9.17, 15) is 9.90 Å². The van der Waals surface area contributed by atoms with Crippen molar-refractivity contribution in [1.29, 1.82) is 0 Å². The van der Waals surface area contributed by atoms with Gasteiger partial charge in [0.2, 0.25) is 0 Å². The highest BCUT2D eigenvalue weighted by Crippen LogP contribution is 2.10. The third-order valence-electron chi connectivity index (χ3n) is 2.94. The number of aromatic nitrogens is 1. The SMILES string of the molecule is COCCC(C)(O)CNC(=O)c1ccc(N(C)C)nc1. The quantitative estimate of drug-likeness (QED) is 0.768. The lowest BCUT2D eigenvalue weighted by atomic mass is 10.0. The predicted molar refractivity (Wildman–Crippen MR) is 78.0 cm³/mol. The van der Waals surface area contributed by atoms with Crippen molar-refractivity contribution in [3.05, 3.63) is 23.9 Å². The molecule has 0 fully saturated rings. The van der Waals surface area contributed by atoms with Crippen LogP contribution in [-0.4, -0.2) is 56.0 Å². The number of aliphatic hydroxyl groups is 1. The van der Waals surface area contributed by atoms with Crippen molar-refractivity contribution in [3.8, 4) is 0 Å². The number of hydrogen-bond acceptors (Lipinski definition) is 5. The molecule has 6 heteroatoms. The minimum atomic E-state index is -0.983. The third-order valence-corrected chi connectivity index (χ3v) is 2.94. The number of rotatable bonds is 7. The Kier molecular flexibility index (Phi) is 5.91. The maximum Gasteiger partial charge on any atom is 0.252 e. The summed E-state index contributed by atoms with van der Waals surface area (Å²) in [6, 6.07) is 3.49. The second-order valence-corrected chi connectivity index (χ2v) is 5.22. The Bertz CT molecular complexity index is 430. The van der Waals surface area contributed by atoms with Gasteiger partial charge in [-0.25, -0.2) is 4.98 Å². The average molecular weight is 281 g/mol. The Balaban J connectivity index is 2.54. The summed E-state index contributed by atoms with van der Waals surface area (Å²) in [5.74, 6) is 0.536. The van der Waals surface area contributed by atoms with E-state index < -0.39 is 5.60 Å². The standard InChI is InChI=1S/C14H23N3O3/c1-14(19,7-8-20-4)10-16-13(18)11-5-6-12(15-9-11)17(2)3/h5-6,9,19H,7-8,10H2,1-4H3,(H,16,18). The largest absolute Gasteiger partial charge is 0.388 e. The first-order chi connectivity index (χ1) is 9.35. The summed E-state index contributed by atoms with van der Waals surface area (Å²) in [5, 5.41) is 12.7. The molecule has 0 aliphatic heterocycles. The van der Waals surface area contributed by atoms with Crippen LogP contribution in [0.25, 0.3) is 0 Å². The Morgan fingerprint density at radius 2 is 2.20 bits per heavy atom. The van der Waals surface area contributed by atoms with Gasteiger partial charge in [0, 0.05) is 47.0 Å². The van der Waals surface area contributed by atoms with Gasteiger partial charge in [0.1, 0.15) is 5.82 Å². The molecular formula is C14H23N3O3. The predicted octanol–water partition coefficient (Wildman–Crippen LogP) is 0.665. The zero-order valence-electron chi connectivity index (χ0n) is 12.5. The van der Waals surface area contributed by atoms with Crippen molar-refractivity contribution in [2.24, 2.45) is 0 Å². The summed E-state index contributed by atoms with van der Waals surface area (Å²) in [7, 11) is 5.34. The molecule has 1 aromatic heterocycles. The van der Waals surface area contributed by atoms with E-state index in [1.807, 2.05) is 19.0 Å². The number of carbonyl (C=O) groups excluding carboxylic acids is 1. The minimum absolute atomic E-state index is 0.171. The minimum Gasteiger partial charge on any atom is -0.388 e. The van der Waals surface area contributed by atoms with Crippen LogP contribution in [0.1, 0.15) is 23.7 Å². The van der Waals surface area contributed by atoms with Gasteiger partial charge in [0.15, 0.2) is 0 Å². The van der Waals surface area contributed by atoms with Gasteiger partial charge in [-0.3, -0.25) is 4.79 Å². The molecule has 1 rings (SSSR count). The number of nitrogens with one attached hydrogen (secondary N) is 1. The monoisotopic (exact) mass is 281 g/mol. The number of nitrogens with zero attached hydrogens (tertiary/aromatic N) is 2. The van der Waals surface area contributed by atoms with Gasteiger partial charge in [-0.2, -0.15) is 0 Å². The lowest BCUT2D eigenvalue weighted by Crippen LogP contribution is -2.41. The molecule has 0 aliphatic carbocycles. The molecule has 1 atom stereocenters. The number of ether oxygens (including phenoxy) is 1. The number of hydrogen-bond donors (Lipinski definition) is 2. The van der Waals surface area contributed by atoms with Crippen LogP contribution in [0.15, 0.2) is 18.3 Å². The van der Waals surface area contributed by atoms with E-state index in [4.69, 9.17) is 4.74 Å². The van der Waals surface area contributed by atoms with E-state index in [2.05, 4.69) is 10.3 Å². The Morgan fingerprint density at radius 1 is 1.50 bits per heavy atom. The lowest BCUT2D eigenvalue weighted by molar-refractivity contribution is 0.0243. The third kappa shape index (κ3) is 5.14. The van der Waals surface area contributed by atoms with Gasteiger partial charge in [-0.15, -0.1) is 0 Å². The summed E-state index contributed by atoms with van der Waals surface area (Å²) >= 11 is 0. The van der Waals surface area contributed by atoms with Crippen molar-refractivity contribution in [3.63, 3.8) is 0 Å². The van der Waals surface area contributed by atoms with Crippen LogP contribution < -0.4 is 10.2 Å². The first kappa shape index (κ1) is 16.4. The topological polar surface area (TPSA) is 74.7 Å². The maximum atomic E-state index is 11.9. The molecule has 0 aromatic carbocycles. The molecule has 1 heterocycles. The molecule has 1 aromatic rings. The van der Waals surface area contributed by atoms with E-state index >= 15 is 0 Å². The molecule has 6 nitrogen and oxygen atoms in total. The Hall–Kier alpha value is -1.66. The molecule has 0 aliphatic rings. The van der Waals surface area contributed by atoms with Crippen LogP contribution in [0.2, 0.25) is 0 Å². The fraction of sp³-hybridized carbons (Fsp3) is 0.571. The average Bonchev–Trinajstić information content (AvgIpc) is 2.43. The smallest absolute Gasteiger partial charge is 0.252 e. The van der Waals surface area contributed by atoms with Gasteiger partial charge < -0.3 is 20.1 Å². The molecule has 0 saturated heterocycles. The van der Waals surface area contributed by atoms with E-state index in [1.165, 1.54) is 6.20 Å². The zero-order chi connectivity index (χ0) is 15.2. The fourth-order valence-corrected chi connectivity index (χ4v) is 1.57. The molecule has 1 amide bonds. The Labute approximate surface area is 119 Å². The normalized spacial score (nSPS) is 13.7. The molecule has 0 bridgehead atoms. The van der Waals surface area contributed by atoms with E-state index in [1.54, 1.807) is 26.2 Å². The van der Waals surface area contributed by atoms with Gasteiger partial charge >= 0.3 is 0 Å².